The SMILES string of the molecule is C=CC.CC.CCCN(CCC)N1C=C(c2cccnc2-c2cccc(C3CC3)c2)CCC1C. The summed E-state index contributed by atoms with van der Waals surface area (Å²) in [5.41, 5.74) is 6.58. The summed E-state index contributed by atoms with van der Waals surface area (Å²) in [6, 6.07) is 14.0. The highest BCUT2D eigenvalue weighted by Crippen LogP contribution is 2.42. The van der Waals surface area contributed by atoms with Gasteiger partial charge in [0.2, 0.25) is 0 Å². The van der Waals surface area contributed by atoms with Crippen molar-refractivity contribution in [2.45, 2.75) is 92.0 Å². The summed E-state index contributed by atoms with van der Waals surface area (Å²) in [7, 11) is 0. The van der Waals surface area contributed by atoms with Crippen molar-refractivity contribution in [2.24, 2.45) is 0 Å². The van der Waals surface area contributed by atoms with E-state index in [0.717, 1.165) is 31.1 Å². The highest BCUT2D eigenvalue weighted by Gasteiger charge is 2.26. The summed E-state index contributed by atoms with van der Waals surface area (Å²) in [6.07, 6.45) is 13.4. The Kier molecular flexibility index (Phi) is 12.1. The van der Waals surface area contributed by atoms with Gasteiger partial charge in [-0.2, -0.15) is 0 Å². The molecule has 2 heterocycles. The molecule has 0 amide bonds. The Hall–Kier alpha value is -2.39. The Labute approximate surface area is 209 Å². The van der Waals surface area contributed by atoms with Crippen molar-refractivity contribution < 1.29 is 0 Å². The zero-order valence-electron chi connectivity index (χ0n) is 22.6. The Bertz CT molecular complexity index is 891. The second kappa shape index (κ2) is 14.8. The van der Waals surface area contributed by atoms with Crippen LogP contribution in [-0.4, -0.2) is 34.1 Å². The van der Waals surface area contributed by atoms with Gasteiger partial charge in [-0.1, -0.05) is 58.0 Å². The van der Waals surface area contributed by atoms with Crippen LogP contribution in [0.2, 0.25) is 0 Å². The average Bonchev–Trinajstić information content (AvgIpc) is 3.72. The van der Waals surface area contributed by atoms with Crippen molar-refractivity contribution in [3.63, 3.8) is 0 Å². The fourth-order valence-corrected chi connectivity index (χ4v) is 4.52. The van der Waals surface area contributed by atoms with Gasteiger partial charge in [0.25, 0.3) is 0 Å². The lowest BCUT2D eigenvalue weighted by molar-refractivity contribution is -0.0158. The molecule has 1 unspecified atom stereocenters. The molecular weight excluding hydrogens is 414 g/mol. The van der Waals surface area contributed by atoms with E-state index in [4.69, 9.17) is 4.98 Å². The van der Waals surface area contributed by atoms with Crippen LogP contribution in [0, 0.1) is 0 Å². The zero-order chi connectivity index (χ0) is 24.9. The Morgan fingerprint density at radius 1 is 1.06 bits per heavy atom. The topological polar surface area (TPSA) is 19.4 Å². The first-order valence-corrected chi connectivity index (χ1v) is 13.5. The van der Waals surface area contributed by atoms with Crippen molar-refractivity contribution in [1.82, 2.24) is 15.0 Å². The number of hydrogen-bond acceptors (Lipinski definition) is 3. The third kappa shape index (κ3) is 7.56. The summed E-state index contributed by atoms with van der Waals surface area (Å²) >= 11 is 0. The molecule has 0 spiro atoms. The van der Waals surface area contributed by atoms with Gasteiger partial charge in [-0.15, -0.1) is 6.58 Å². The molecule has 2 aliphatic rings. The van der Waals surface area contributed by atoms with Crippen molar-refractivity contribution >= 4 is 5.57 Å². The maximum absolute atomic E-state index is 4.83. The number of rotatable bonds is 8. The molecular formula is C31H47N3. The van der Waals surface area contributed by atoms with Gasteiger partial charge in [0, 0.05) is 42.7 Å². The standard InChI is InChI=1S/C26H35N3.C3H6.C2H6/c1-4-16-28(17-5-2)29-19-24(12-11-20(29)3)25-10-7-15-27-26(25)23-9-6-8-22(18-23)21-13-14-21;1-3-2;1-2/h6-10,15,18-21H,4-5,11-14,16-17H2,1-3H3;3H,1H2,2H3;1-2H3. The van der Waals surface area contributed by atoms with Crippen LogP contribution < -0.4 is 0 Å². The van der Waals surface area contributed by atoms with Gasteiger partial charge in [-0.05, 0) is 81.6 Å². The minimum absolute atomic E-state index is 0.551. The number of nitrogens with zero attached hydrogens (tertiary/aromatic N) is 3. The van der Waals surface area contributed by atoms with Gasteiger partial charge in [0.05, 0.1) is 5.69 Å². The Balaban J connectivity index is 0.000000758. The lowest BCUT2D eigenvalue weighted by Gasteiger charge is -2.41. The molecule has 1 saturated carbocycles. The second-order valence-electron chi connectivity index (χ2n) is 9.08. The molecule has 34 heavy (non-hydrogen) atoms. The maximum Gasteiger partial charge on any atom is 0.0777 e. The fourth-order valence-electron chi connectivity index (χ4n) is 4.52. The van der Waals surface area contributed by atoms with Crippen LogP contribution in [0.4, 0.5) is 0 Å². The number of aromatic nitrogens is 1. The van der Waals surface area contributed by atoms with E-state index in [1.54, 1.807) is 6.08 Å². The third-order valence-corrected chi connectivity index (χ3v) is 6.22. The minimum atomic E-state index is 0.551. The van der Waals surface area contributed by atoms with Gasteiger partial charge in [-0.25, -0.2) is 5.01 Å². The highest BCUT2D eigenvalue weighted by atomic mass is 15.6. The average molecular weight is 462 g/mol. The summed E-state index contributed by atoms with van der Waals surface area (Å²) < 4.78 is 0. The van der Waals surface area contributed by atoms with E-state index in [-0.39, 0.29) is 0 Å². The normalized spacial score (nSPS) is 17.2. The molecule has 0 N–H and O–H groups in total. The molecule has 0 radical (unpaired) electrons. The number of hydrazine groups is 1. The quantitative estimate of drug-likeness (QED) is 0.366. The van der Waals surface area contributed by atoms with Gasteiger partial charge in [0.1, 0.15) is 0 Å². The zero-order valence-corrected chi connectivity index (χ0v) is 22.6. The first kappa shape index (κ1) is 27.9. The molecule has 1 aromatic heterocycles. The van der Waals surface area contributed by atoms with E-state index in [1.807, 2.05) is 27.0 Å². The van der Waals surface area contributed by atoms with Gasteiger partial charge in [-0.3, -0.25) is 4.98 Å². The lowest BCUT2D eigenvalue weighted by Crippen LogP contribution is -2.46. The molecule has 1 atom stereocenters. The van der Waals surface area contributed by atoms with E-state index in [1.165, 1.54) is 54.4 Å². The number of hydrogen-bond donors (Lipinski definition) is 0. The number of benzene rings is 1. The monoisotopic (exact) mass is 461 g/mol. The molecule has 0 bridgehead atoms. The number of allylic oxidation sites excluding steroid dienone is 2. The highest BCUT2D eigenvalue weighted by molar-refractivity contribution is 5.79. The van der Waals surface area contributed by atoms with Crippen molar-refractivity contribution in [3.05, 3.63) is 72.6 Å². The number of pyridine rings is 1. The Morgan fingerprint density at radius 3 is 2.35 bits per heavy atom. The first-order valence-electron chi connectivity index (χ1n) is 13.5. The van der Waals surface area contributed by atoms with Crippen LogP contribution in [-0.2, 0) is 0 Å². The third-order valence-electron chi connectivity index (χ3n) is 6.22. The summed E-state index contributed by atoms with van der Waals surface area (Å²) in [6.45, 7) is 18.4. The summed E-state index contributed by atoms with van der Waals surface area (Å²) in [4.78, 5) is 4.83. The maximum atomic E-state index is 4.83. The molecule has 1 aromatic carbocycles. The lowest BCUT2D eigenvalue weighted by atomic mass is 9.92. The van der Waals surface area contributed by atoms with Gasteiger partial charge in [0.15, 0.2) is 0 Å². The van der Waals surface area contributed by atoms with Gasteiger partial charge >= 0.3 is 0 Å². The smallest absolute Gasteiger partial charge is 0.0777 e. The van der Waals surface area contributed by atoms with Gasteiger partial charge < -0.3 is 5.01 Å². The fraction of sp³-hybridized carbons (Fsp3) is 0.516. The Morgan fingerprint density at radius 2 is 1.74 bits per heavy atom. The first-order chi connectivity index (χ1) is 16.6. The van der Waals surface area contributed by atoms with Crippen LogP contribution in [0.1, 0.15) is 97.1 Å². The van der Waals surface area contributed by atoms with E-state index < -0.39 is 0 Å². The summed E-state index contributed by atoms with van der Waals surface area (Å²) in [5.74, 6) is 0.768. The van der Waals surface area contributed by atoms with E-state index in [0.29, 0.717) is 6.04 Å². The van der Waals surface area contributed by atoms with Crippen LogP contribution in [0.5, 0.6) is 0 Å². The van der Waals surface area contributed by atoms with Crippen molar-refractivity contribution in [3.8, 4) is 11.3 Å². The molecule has 1 aliphatic heterocycles. The summed E-state index contributed by atoms with van der Waals surface area (Å²) in [5, 5.41) is 5.04. The molecule has 0 saturated heterocycles. The van der Waals surface area contributed by atoms with Crippen LogP contribution in [0.15, 0.2) is 61.4 Å². The van der Waals surface area contributed by atoms with E-state index in [9.17, 15) is 0 Å². The molecule has 2 aromatic rings. The molecule has 3 nitrogen and oxygen atoms in total. The van der Waals surface area contributed by atoms with Crippen molar-refractivity contribution in [1.29, 1.82) is 0 Å². The molecule has 1 aliphatic carbocycles. The van der Waals surface area contributed by atoms with E-state index >= 15 is 0 Å². The predicted molar refractivity (Wildman–Crippen MR) is 150 cm³/mol. The van der Waals surface area contributed by atoms with E-state index in [2.05, 4.69) is 80.0 Å². The van der Waals surface area contributed by atoms with Crippen molar-refractivity contribution in [2.75, 3.05) is 13.1 Å². The van der Waals surface area contributed by atoms with Crippen LogP contribution >= 0.6 is 0 Å². The molecule has 186 valence electrons. The second-order valence-corrected chi connectivity index (χ2v) is 9.08. The molecule has 4 rings (SSSR count). The predicted octanol–water partition coefficient (Wildman–Crippen LogP) is 8.71. The van der Waals surface area contributed by atoms with Crippen LogP contribution in [0.25, 0.3) is 16.8 Å². The minimum Gasteiger partial charge on any atom is -0.310 e. The molecule has 1 fully saturated rings. The van der Waals surface area contributed by atoms with Crippen LogP contribution in [0.3, 0.4) is 0 Å². The largest absolute Gasteiger partial charge is 0.310 e. The molecule has 3 heteroatoms.